The lowest BCUT2D eigenvalue weighted by Gasteiger charge is -2.04. The first-order chi connectivity index (χ1) is 8.93. The predicted molar refractivity (Wildman–Crippen MR) is 67.8 cm³/mol. The minimum absolute atomic E-state index is 0.149. The maximum absolute atomic E-state index is 12.9. The molecule has 0 saturated carbocycles. The number of hydrogen-bond donors (Lipinski definition) is 1. The summed E-state index contributed by atoms with van der Waals surface area (Å²) in [4.78, 5) is 7.88. The normalized spacial score (nSPS) is 11.8. The Kier molecular flexibility index (Phi) is 3.86. The Morgan fingerprint density at radius 1 is 1.37 bits per heavy atom. The summed E-state index contributed by atoms with van der Waals surface area (Å²) < 4.78 is 38.7. The summed E-state index contributed by atoms with van der Waals surface area (Å²) in [5.41, 5.74) is 0.687. The van der Waals surface area contributed by atoms with Crippen molar-refractivity contribution in [1.29, 1.82) is 0 Å². The van der Waals surface area contributed by atoms with Gasteiger partial charge in [0, 0.05) is 24.5 Å². The van der Waals surface area contributed by atoms with E-state index in [1.54, 1.807) is 32.4 Å². The number of rotatable bonds is 3. The number of aromatic nitrogens is 2. The molecule has 0 amide bonds. The zero-order valence-corrected chi connectivity index (χ0v) is 11.2. The molecule has 102 valence electrons. The van der Waals surface area contributed by atoms with Gasteiger partial charge in [0.05, 0.1) is 4.88 Å². The molecule has 0 spiro atoms. The van der Waals surface area contributed by atoms with E-state index in [4.69, 9.17) is 0 Å². The third kappa shape index (κ3) is 2.93. The minimum atomic E-state index is -4.43. The van der Waals surface area contributed by atoms with Gasteiger partial charge in [0.1, 0.15) is 5.01 Å². The van der Waals surface area contributed by atoms with Gasteiger partial charge in [-0.25, -0.2) is 4.98 Å². The Hall–Kier alpha value is -1.47. The number of alkyl halides is 3. The molecule has 0 aliphatic heterocycles. The van der Waals surface area contributed by atoms with Gasteiger partial charge in [-0.15, -0.1) is 11.3 Å². The minimum Gasteiger partial charge on any atom is -0.315 e. The zero-order chi connectivity index (χ0) is 14.0. The second kappa shape index (κ2) is 5.26. The highest BCUT2D eigenvalue weighted by molar-refractivity contribution is 7.15. The maximum Gasteiger partial charge on any atom is 0.434 e. The third-order valence-corrected chi connectivity index (χ3v) is 3.64. The summed E-state index contributed by atoms with van der Waals surface area (Å²) in [6.45, 7) is 1.95. The van der Waals surface area contributed by atoms with Crippen LogP contribution in [0.1, 0.15) is 16.1 Å². The fraction of sp³-hybridized carbons (Fsp3) is 0.333. The molecule has 0 aliphatic rings. The Morgan fingerprint density at radius 3 is 2.68 bits per heavy atom. The van der Waals surface area contributed by atoms with Crippen molar-refractivity contribution in [3.8, 4) is 10.6 Å². The SMILES string of the molecule is CNCc1sc(-c2ccncc2C)nc1C(F)(F)F. The first kappa shape index (κ1) is 14.0. The van der Waals surface area contributed by atoms with Crippen LogP contribution in [0.15, 0.2) is 18.5 Å². The average Bonchev–Trinajstić information content (AvgIpc) is 2.74. The number of thiazole rings is 1. The number of pyridine rings is 1. The Morgan fingerprint density at radius 2 is 2.11 bits per heavy atom. The van der Waals surface area contributed by atoms with Crippen molar-refractivity contribution in [2.75, 3.05) is 7.05 Å². The van der Waals surface area contributed by atoms with Crippen molar-refractivity contribution in [2.24, 2.45) is 0 Å². The maximum atomic E-state index is 12.9. The first-order valence-electron chi connectivity index (χ1n) is 5.56. The Bertz CT molecular complexity index is 578. The summed E-state index contributed by atoms with van der Waals surface area (Å²) in [5.74, 6) is 0. The fourth-order valence-electron chi connectivity index (χ4n) is 1.68. The van der Waals surface area contributed by atoms with E-state index < -0.39 is 11.9 Å². The van der Waals surface area contributed by atoms with Crippen LogP contribution >= 0.6 is 11.3 Å². The molecule has 2 aromatic rings. The molecular formula is C12H12F3N3S. The van der Waals surface area contributed by atoms with Gasteiger partial charge >= 0.3 is 6.18 Å². The number of nitrogens with zero attached hydrogens (tertiary/aromatic N) is 2. The molecule has 19 heavy (non-hydrogen) atoms. The standard InChI is InChI=1S/C12H12F3N3S/c1-7-5-17-4-3-8(7)11-18-10(12(13,14)15)9(19-11)6-16-2/h3-5,16H,6H2,1-2H3. The Labute approximate surface area is 112 Å². The van der Waals surface area contributed by atoms with Crippen molar-refractivity contribution in [3.05, 3.63) is 34.6 Å². The van der Waals surface area contributed by atoms with Gasteiger partial charge in [-0.05, 0) is 25.6 Å². The molecule has 0 aliphatic carbocycles. The van der Waals surface area contributed by atoms with Crippen LogP contribution in [0.5, 0.6) is 0 Å². The van der Waals surface area contributed by atoms with Gasteiger partial charge in [-0.1, -0.05) is 0 Å². The van der Waals surface area contributed by atoms with E-state index in [1.165, 1.54) is 0 Å². The summed E-state index contributed by atoms with van der Waals surface area (Å²) >= 11 is 1.06. The van der Waals surface area contributed by atoms with Crippen molar-refractivity contribution < 1.29 is 13.2 Å². The van der Waals surface area contributed by atoms with Gasteiger partial charge in [0.2, 0.25) is 0 Å². The smallest absolute Gasteiger partial charge is 0.315 e. The van der Waals surface area contributed by atoms with Gasteiger partial charge < -0.3 is 5.32 Å². The van der Waals surface area contributed by atoms with Crippen LogP contribution < -0.4 is 5.32 Å². The molecule has 1 N–H and O–H groups in total. The first-order valence-corrected chi connectivity index (χ1v) is 6.37. The van der Waals surface area contributed by atoms with Crippen LogP contribution in [-0.4, -0.2) is 17.0 Å². The Balaban J connectivity index is 2.52. The average molecular weight is 287 g/mol. The van der Waals surface area contributed by atoms with Crippen LogP contribution in [0, 0.1) is 6.92 Å². The van der Waals surface area contributed by atoms with E-state index in [0.717, 1.165) is 16.9 Å². The molecule has 0 atom stereocenters. The van der Waals surface area contributed by atoms with Crippen molar-refractivity contribution in [3.63, 3.8) is 0 Å². The van der Waals surface area contributed by atoms with Crippen LogP contribution in [0.4, 0.5) is 13.2 Å². The largest absolute Gasteiger partial charge is 0.434 e. The molecule has 0 saturated heterocycles. The van der Waals surface area contributed by atoms with Crippen molar-refractivity contribution in [1.82, 2.24) is 15.3 Å². The number of aryl methyl sites for hydroxylation is 1. The number of halogens is 3. The van der Waals surface area contributed by atoms with Crippen LogP contribution in [0.2, 0.25) is 0 Å². The van der Waals surface area contributed by atoms with Crippen LogP contribution in [-0.2, 0) is 12.7 Å². The van der Waals surface area contributed by atoms with E-state index in [9.17, 15) is 13.2 Å². The molecule has 0 bridgehead atoms. The number of hydrogen-bond acceptors (Lipinski definition) is 4. The lowest BCUT2D eigenvalue weighted by atomic mass is 10.2. The summed E-state index contributed by atoms with van der Waals surface area (Å²) in [7, 11) is 1.61. The van der Waals surface area contributed by atoms with E-state index >= 15 is 0 Å². The fourth-order valence-corrected chi connectivity index (χ4v) is 2.87. The lowest BCUT2D eigenvalue weighted by molar-refractivity contribution is -0.141. The second-order valence-corrected chi connectivity index (χ2v) is 5.09. The lowest BCUT2D eigenvalue weighted by Crippen LogP contribution is -2.12. The second-order valence-electron chi connectivity index (χ2n) is 4.01. The topological polar surface area (TPSA) is 37.8 Å². The van der Waals surface area contributed by atoms with Crippen molar-refractivity contribution >= 4 is 11.3 Å². The van der Waals surface area contributed by atoms with Gasteiger partial charge in [-0.2, -0.15) is 13.2 Å². The van der Waals surface area contributed by atoms with E-state index in [1.807, 2.05) is 0 Å². The molecule has 0 radical (unpaired) electrons. The molecule has 3 nitrogen and oxygen atoms in total. The zero-order valence-electron chi connectivity index (χ0n) is 10.4. The molecule has 0 aromatic carbocycles. The molecular weight excluding hydrogens is 275 g/mol. The van der Waals surface area contributed by atoms with Crippen molar-refractivity contribution in [2.45, 2.75) is 19.6 Å². The van der Waals surface area contributed by atoms with Crippen LogP contribution in [0.25, 0.3) is 10.6 Å². The highest BCUT2D eigenvalue weighted by Gasteiger charge is 2.37. The highest BCUT2D eigenvalue weighted by atomic mass is 32.1. The molecule has 2 rings (SSSR count). The molecule has 2 aromatic heterocycles. The third-order valence-electron chi connectivity index (χ3n) is 2.55. The van der Waals surface area contributed by atoms with Gasteiger partial charge in [-0.3, -0.25) is 4.98 Å². The molecule has 7 heteroatoms. The summed E-state index contributed by atoms with van der Waals surface area (Å²) in [5, 5.41) is 3.11. The van der Waals surface area contributed by atoms with E-state index in [-0.39, 0.29) is 11.4 Å². The monoisotopic (exact) mass is 287 g/mol. The predicted octanol–water partition coefficient (Wildman–Crippen LogP) is 3.25. The van der Waals surface area contributed by atoms with Gasteiger partial charge in [0.25, 0.3) is 0 Å². The van der Waals surface area contributed by atoms with Crippen LogP contribution in [0.3, 0.4) is 0 Å². The summed E-state index contributed by atoms with van der Waals surface area (Å²) in [6, 6.07) is 1.68. The van der Waals surface area contributed by atoms with E-state index in [0.29, 0.717) is 10.6 Å². The van der Waals surface area contributed by atoms with Gasteiger partial charge in [0.15, 0.2) is 5.69 Å². The quantitative estimate of drug-likeness (QED) is 0.941. The molecule has 2 heterocycles. The number of nitrogens with one attached hydrogen (secondary N) is 1. The van der Waals surface area contributed by atoms with E-state index in [2.05, 4.69) is 15.3 Å². The molecule has 0 unspecified atom stereocenters. The molecule has 0 fully saturated rings. The highest BCUT2D eigenvalue weighted by Crippen LogP contribution is 2.38. The summed E-state index contributed by atoms with van der Waals surface area (Å²) in [6.07, 6.45) is -1.27.